The van der Waals surface area contributed by atoms with Crippen molar-refractivity contribution in [2.45, 2.75) is 72.1 Å². The molecule has 4 rings (SSSR count). The van der Waals surface area contributed by atoms with Gasteiger partial charge in [0.15, 0.2) is 0 Å². The standard InChI is InChI=1S/C28H32ClN3O6/c1-15(2)36-23-10-7-17(13-21(23)29)26-30-25(31-38-26)19-8-9-20-18(16(19)3)11-12-32(22(20)14-24(33)34)27(35)37-28(4,5)6/h7-10,13,15,22H,11-12,14H2,1-6H3,(H,33,34). The van der Waals surface area contributed by atoms with Crippen LogP contribution in [-0.4, -0.2) is 50.5 Å². The van der Waals surface area contributed by atoms with Crippen LogP contribution in [0.3, 0.4) is 0 Å². The maximum Gasteiger partial charge on any atom is 0.410 e. The van der Waals surface area contributed by atoms with E-state index in [1.165, 1.54) is 4.90 Å². The van der Waals surface area contributed by atoms with E-state index in [-0.39, 0.29) is 12.5 Å². The Hall–Kier alpha value is -3.59. The van der Waals surface area contributed by atoms with Crippen molar-refractivity contribution in [2.24, 2.45) is 0 Å². The first-order valence-corrected chi connectivity index (χ1v) is 12.9. The van der Waals surface area contributed by atoms with Crippen molar-refractivity contribution in [3.63, 3.8) is 0 Å². The summed E-state index contributed by atoms with van der Waals surface area (Å²) in [6, 6.07) is 8.33. The predicted octanol–water partition coefficient (Wildman–Crippen LogP) is 6.46. The van der Waals surface area contributed by atoms with E-state index >= 15 is 0 Å². The third-order valence-corrected chi connectivity index (χ3v) is 6.47. The molecule has 0 spiro atoms. The van der Waals surface area contributed by atoms with E-state index in [0.29, 0.717) is 41.0 Å². The molecule has 38 heavy (non-hydrogen) atoms. The number of ether oxygens (including phenoxy) is 2. The van der Waals surface area contributed by atoms with Crippen LogP contribution in [0.5, 0.6) is 5.75 Å². The Morgan fingerprint density at radius 3 is 2.61 bits per heavy atom. The van der Waals surface area contributed by atoms with Crippen LogP contribution in [0.4, 0.5) is 4.79 Å². The third kappa shape index (κ3) is 5.93. The van der Waals surface area contributed by atoms with Gasteiger partial charge < -0.3 is 24.0 Å². The van der Waals surface area contributed by atoms with Gasteiger partial charge in [-0.15, -0.1) is 0 Å². The Balaban J connectivity index is 1.65. The highest BCUT2D eigenvalue weighted by molar-refractivity contribution is 6.32. The molecule has 1 aliphatic rings. The molecule has 0 aliphatic carbocycles. The van der Waals surface area contributed by atoms with Crippen LogP contribution in [0.15, 0.2) is 34.9 Å². The number of carboxylic acid groups (broad SMARTS) is 1. The normalized spacial score (nSPS) is 15.4. The lowest BCUT2D eigenvalue weighted by Crippen LogP contribution is -2.44. The Morgan fingerprint density at radius 1 is 1.24 bits per heavy atom. The Bertz CT molecular complexity index is 1360. The summed E-state index contributed by atoms with van der Waals surface area (Å²) < 4.78 is 16.8. The number of halogens is 1. The summed E-state index contributed by atoms with van der Waals surface area (Å²) >= 11 is 6.38. The summed E-state index contributed by atoms with van der Waals surface area (Å²) in [6.07, 6.45) is -0.217. The zero-order valence-electron chi connectivity index (χ0n) is 22.4. The topological polar surface area (TPSA) is 115 Å². The molecule has 0 saturated carbocycles. The number of nitrogens with zero attached hydrogens (tertiary/aromatic N) is 3. The van der Waals surface area contributed by atoms with Crippen LogP contribution in [0.25, 0.3) is 22.8 Å². The summed E-state index contributed by atoms with van der Waals surface area (Å²) in [6.45, 7) is 11.5. The van der Waals surface area contributed by atoms with Crippen molar-refractivity contribution in [1.82, 2.24) is 15.0 Å². The molecule has 10 heteroatoms. The Kier molecular flexibility index (Phi) is 7.69. The van der Waals surface area contributed by atoms with Crippen LogP contribution >= 0.6 is 11.6 Å². The van der Waals surface area contributed by atoms with E-state index in [1.807, 2.05) is 39.0 Å². The summed E-state index contributed by atoms with van der Waals surface area (Å²) in [5.41, 5.74) is 3.40. The Morgan fingerprint density at radius 2 is 1.97 bits per heavy atom. The van der Waals surface area contributed by atoms with Crippen LogP contribution < -0.4 is 4.74 Å². The molecule has 1 atom stereocenters. The van der Waals surface area contributed by atoms with E-state index in [1.54, 1.807) is 32.9 Å². The molecule has 1 N–H and O–H groups in total. The Labute approximate surface area is 226 Å². The molecule has 2 aromatic carbocycles. The zero-order chi connectivity index (χ0) is 27.8. The van der Waals surface area contributed by atoms with Crippen molar-refractivity contribution < 1.29 is 28.7 Å². The number of fused-ring (bicyclic) bond motifs is 1. The first kappa shape index (κ1) is 27.4. The van der Waals surface area contributed by atoms with Gasteiger partial charge in [0, 0.05) is 17.7 Å². The van der Waals surface area contributed by atoms with Gasteiger partial charge in [-0.25, -0.2) is 4.79 Å². The lowest BCUT2D eigenvalue weighted by atomic mass is 9.86. The van der Waals surface area contributed by atoms with Gasteiger partial charge >= 0.3 is 12.1 Å². The van der Waals surface area contributed by atoms with Gasteiger partial charge in [0.1, 0.15) is 11.4 Å². The number of hydrogen-bond donors (Lipinski definition) is 1. The van der Waals surface area contributed by atoms with Crippen molar-refractivity contribution in [3.05, 3.63) is 52.0 Å². The van der Waals surface area contributed by atoms with E-state index < -0.39 is 23.7 Å². The van der Waals surface area contributed by atoms with Gasteiger partial charge in [-0.2, -0.15) is 4.98 Å². The largest absolute Gasteiger partial charge is 0.489 e. The molecule has 1 aromatic heterocycles. The lowest BCUT2D eigenvalue weighted by Gasteiger charge is -2.38. The maximum absolute atomic E-state index is 12.9. The maximum atomic E-state index is 12.9. The van der Waals surface area contributed by atoms with Crippen LogP contribution in [0.2, 0.25) is 5.02 Å². The van der Waals surface area contributed by atoms with Gasteiger partial charge in [-0.05, 0) is 82.9 Å². The first-order valence-electron chi connectivity index (χ1n) is 12.5. The molecule has 202 valence electrons. The SMILES string of the molecule is Cc1c(-c2noc(-c3ccc(OC(C)C)c(Cl)c3)n2)ccc2c1CCN(C(=O)OC(C)(C)C)C2CC(=O)O. The number of carboxylic acids is 1. The fourth-order valence-electron chi connectivity index (χ4n) is 4.58. The fourth-order valence-corrected chi connectivity index (χ4v) is 4.80. The van der Waals surface area contributed by atoms with Crippen molar-refractivity contribution in [1.29, 1.82) is 0 Å². The molecule has 1 amide bonds. The average molecular weight is 542 g/mol. The van der Waals surface area contributed by atoms with Gasteiger partial charge in [0.25, 0.3) is 5.89 Å². The van der Waals surface area contributed by atoms with Gasteiger partial charge in [-0.1, -0.05) is 28.9 Å². The molecule has 1 aliphatic heterocycles. The number of amides is 1. The smallest absolute Gasteiger partial charge is 0.410 e. The van der Waals surface area contributed by atoms with E-state index in [4.69, 9.17) is 25.6 Å². The minimum atomic E-state index is -0.996. The van der Waals surface area contributed by atoms with Crippen molar-refractivity contribution in [3.8, 4) is 28.6 Å². The van der Waals surface area contributed by atoms with Crippen LogP contribution in [0.1, 0.15) is 63.8 Å². The second-order valence-corrected chi connectivity index (χ2v) is 11.0. The van der Waals surface area contributed by atoms with E-state index in [9.17, 15) is 14.7 Å². The molecule has 1 unspecified atom stereocenters. The summed E-state index contributed by atoms with van der Waals surface area (Å²) in [4.78, 5) is 30.7. The molecule has 3 aromatic rings. The van der Waals surface area contributed by atoms with Crippen LogP contribution in [-0.2, 0) is 16.0 Å². The minimum absolute atomic E-state index is 0.00773. The number of aliphatic carboxylic acids is 1. The number of rotatable bonds is 6. The molecule has 0 bridgehead atoms. The van der Waals surface area contributed by atoms with Crippen LogP contribution in [0, 0.1) is 6.92 Å². The minimum Gasteiger partial charge on any atom is -0.489 e. The highest BCUT2D eigenvalue weighted by Gasteiger charge is 2.36. The highest BCUT2D eigenvalue weighted by Crippen LogP contribution is 2.38. The lowest BCUT2D eigenvalue weighted by molar-refractivity contribution is -0.138. The first-order chi connectivity index (χ1) is 17.8. The fraction of sp³-hybridized carbons (Fsp3) is 0.429. The summed E-state index contributed by atoms with van der Waals surface area (Å²) in [5, 5.41) is 14.2. The zero-order valence-corrected chi connectivity index (χ0v) is 23.1. The monoisotopic (exact) mass is 541 g/mol. The number of aromatic nitrogens is 2. The predicted molar refractivity (Wildman–Crippen MR) is 142 cm³/mol. The second kappa shape index (κ2) is 10.6. The van der Waals surface area contributed by atoms with Gasteiger partial charge in [-0.3, -0.25) is 4.79 Å². The van der Waals surface area contributed by atoms with Gasteiger partial charge in [0.05, 0.1) is 23.6 Å². The quantitative estimate of drug-likeness (QED) is 0.378. The number of benzene rings is 2. The molecular weight excluding hydrogens is 510 g/mol. The molecule has 9 nitrogen and oxygen atoms in total. The molecular formula is C28H32ClN3O6. The van der Waals surface area contributed by atoms with Crippen molar-refractivity contribution >= 4 is 23.7 Å². The summed E-state index contributed by atoms with van der Waals surface area (Å²) in [5.74, 6) is 0.301. The molecule has 0 radical (unpaired) electrons. The number of hydrogen-bond acceptors (Lipinski definition) is 7. The van der Waals surface area contributed by atoms with E-state index in [0.717, 1.165) is 22.3 Å². The number of carbonyl (C=O) groups is 2. The average Bonchev–Trinajstić information content (AvgIpc) is 3.29. The van der Waals surface area contributed by atoms with Gasteiger partial charge in [0.2, 0.25) is 5.82 Å². The number of carbonyl (C=O) groups excluding carboxylic acids is 1. The molecule has 2 heterocycles. The van der Waals surface area contributed by atoms with E-state index in [2.05, 4.69) is 10.1 Å². The molecule has 0 fully saturated rings. The molecule has 0 saturated heterocycles. The third-order valence-electron chi connectivity index (χ3n) is 6.18. The summed E-state index contributed by atoms with van der Waals surface area (Å²) in [7, 11) is 0. The highest BCUT2D eigenvalue weighted by atomic mass is 35.5. The second-order valence-electron chi connectivity index (χ2n) is 10.6. The van der Waals surface area contributed by atoms with Crippen molar-refractivity contribution in [2.75, 3.05) is 6.54 Å².